The zero-order valence-electron chi connectivity index (χ0n) is 16.0. The number of ether oxygens (including phenoxy) is 1. The Bertz CT molecular complexity index is 703. The number of esters is 1. The lowest BCUT2D eigenvalue weighted by atomic mass is 9.95. The van der Waals surface area contributed by atoms with Crippen molar-refractivity contribution in [2.75, 3.05) is 26.7 Å². The molecule has 2 rings (SSSR count). The predicted octanol–water partition coefficient (Wildman–Crippen LogP) is 2.67. The maximum absolute atomic E-state index is 13.8. The van der Waals surface area contributed by atoms with Gasteiger partial charge in [0.15, 0.2) is 0 Å². The lowest BCUT2D eigenvalue weighted by Gasteiger charge is -2.31. The topological polar surface area (TPSA) is 75.7 Å². The third-order valence-electron chi connectivity index (χ3n) is 4.90. The summed E-state index contributed by atoms with van der Waals surface area (Å²) in [6.45, 7) is 1.25. The standard InChI is InChI=1S/C20H26F2N2O4/c1-28-18(25)5-3-2-4-10-23-19(26)14-8-11-24(12-9-14)20(27)16-7-6-15(21)13-17(16)22/h6-7,13-14H,2-5,8-12H2,1H3,(H,23,26). The van der Waals surface area contributed by atoms with Gasteiger partial charge in [-0.1, -0.05) is 6.42 Å². The average Bonchev–Trinajstić information content (AvgIpc) is 2.69. The highest BCUT2D eigenvalue weighted by Gasteiger charge is 2.28. The molecule has 1 aromatic rings. The van der Waals surface area contributed by atoms with Crippen LogP contribution in [0.25, 0.3) is 0 Å². The van der Waals surface area contributed by atoms with Crippen molar-refractivity contribution in [3.05, 3.63) is 35.4 Å². The number of hydrogen-bond donors (Lipinski definition) is 1. The van der Waals surface area contributed by atoms with E-state index in [0.29, 0.717) is 45.0 Å². The molecule has 0 spiro atoms. The van der Waals surface area contributed by atoms with Gasteiger partial charge in [0.25, 0.3) is 5.91 Å². The molecule has 1 aliphatic heterocycles. The molecule has 6 nitrogen and oxygen atoms in total. The van der Waals surface area contributed by atoms with E-state index in [2.05, 4.69) is 10.1 Å². The fourth-order valence-corrected chi connectivity index (χ4v) is 3.21. The number of benzene rings is 1. The second-order valence-corrected chi connectivity index (χ2v) is 6.87. The van der Waals surface area contributed by atoms with Crippen molar-refractivity contribution in [2.24, 2.45) is 5.92 Å². The number of methoxy groups -OCH3 is 1. The van der Waals surface area contributed by atoms with Crippen molar-refractivity contribution in [1.29, 1.82) is 0 Å². The van der Waals surface area contributed by atoms with Gasteiger partial charge in [0, 0.05) is 38.0 Å². The molecule has 8 heteroatoms. The van der Waals surface area contributed by atoms with Gasteiger partial charge in [-0.25, -0.2) is 8.78 Å². The molecule has 154 valence electrons. The van der Waals surface area contributed by atoms with E-state index in [4.69, 9.17) is 0 Å². The number of carbonyl (C=O) groups is 3. The first-order valence-corrected chi connectivity index (χ1v) is 9.51. The van der Waals surface area contributed by atoms with Gasteiger partial charge in [0.2, 0.25) is 5.91 Å². The molecule has 28 heavy (non-hydrogen) atoms. The third-order valence-corrected chi connectivity index (χ3v) is 4.90. The van der Waals surface area contributed by atoms with Crippen LogP contribution in [0.5, 0.6) is 0 Å². The van der Waals surface area contributed by atoms with Crippen molar-refractivity contribution in [3.63, 3.8) is 0 Å². The summed E-state index contributed by atoms with van der Waals surface area (Å²) in [5, 5.41) is 2.89. The molecule has 1 aliphatic rings. The highest BCUT2D eigenvalue weighted by Crippen LogP contribution is 2.20. The SMILES string of the molecule is COC(=O)CCCCCNC(=O)C1CCN(C(=O)c2ccc(F)cc2F)CC1. The molecule has 0 radical (unpaired) electrons. The van der Waals surface area contributed by atoms with Crippen LogP contribution >= 0.6 is 0 Å². The van der Waals surface area contributed by atoms with Crippen LogP contribution < -0.4 is 5.32 Å². The zero-order chi connectivity index (χ0) is 20.5. The number of rotatable bonds is 8. The van der Waals surface area contributed by atoms with Crippen LogP contribution in [0.15, 0.2) is 18.2 Å². The number of nitrogens with zero attached hydrogens (tertiary/aromatic N) is 1. The summed E-state index contributed by atoms with van der Waals surface area (Å²) < 4.78 is 31.3. The second-order valence-electron chi connectivity index (χ2n) is 6.87. The molecular formula is C20H26F2N2O4. The van der Waals surface area contributed by atoms with Gasteiger partial charge in [-0.3, -0.25) is 14.4 Å². The number of piperidine rings is 1. The van der Waals surface area contributed by atoms with E-state index in [0.717, 1.165) is 31.4 Å². The van der Waals surface area contributed by atoms with Crippen LogP contribution in [-0.4, -0.2) is 49.4 Å². The Morgan fingerprint density at radius 2 is 1.86 bits per heavy atom. The molecule has 2 amide bonds. The maximum atomic E-state index is 13.8. The molecule has 0 atom stereocenters. The number of nitrogens with one attached hydrogen (secondary N) is 1. The molecule has 0 saturated carbocycles. The molecule has 1 heterocycles. The minimum Gasteiger partial charge on any atom is -0.469 e. The molecule has 0 bridgehead atoms. The van der Waals surface area contributed by atoms with Crippen LogP contribution in [0.2, 0.25) is 0 Å². The largest absolute Gasteiger partial charge is 0.469 e. The van der Waals surface area contributed by atoms with E-state index >= 15 is 0 Å². The van der Waals surface area contributed by atoms with Gasteiger partial charge in [0.05, 0.1) is 12.7 Å². The Morgan fingerprint density at radius 1 is 1.14 bits per heavy atom. The molecule has 0 unspecified atom stereocenters. The minimum atomic E-state index is -0.878. The van der Waals surface area contributed by atoms with Crippen LogP contribution in [0.1, 0.15) is 48.9 Å². The lowest BCUT2D eigenvalue weighted by molar-refractivity contribution is -0.140. The highest BCUT2D eigenvalue weighted by molar-refractivity contribution is 5.94. The molecular weight excluding hydrogens is 370 g/mol. The minimum absolute atomic E-state index is 0.0481. The summed E-state index contributed by atoms with van der Waals surface area (Å²) in [6, 6.07) is 2.90. The van der Waals surface area contributed by atoms with Crippen LogP contribution in [0, 0.1) is 17.6 Å². The number of halogens is 2. The Hall–Kier alpha value is -2.51. The van der Waals surface area contributed by atoms with E-state index in [1.165, 1.54) is 12.0 Å². The van der Waals surface area contributed by atoms with Gasteiger partial charge in [-0.05, 0) is 37.8 Å². The maximum Gasteiger partial charge on any atom is 0.305 e. The summed E-state index contributed by atoms with van der Waals surface area (Å²) in [5.41, 5.74) is -0.156. The summed E-state index contributed by atoms with van der Waals surface area (Å²) in [4.78, 5) is 37.1. The van der Waals surface area contributed by atoms with Crippen LogP contribution in [0.3, 0.4) is 0 Å². The monoisotopic (exact) mass is 396 g/mol. The Balaban J connectivity index is 1.69. The fourth-order valence-electron chi connectivity index (χ4n) is 3.21. The Labute approximate surface area is 163 Å². The van der Waals surface area contributed by atoms with Crippen LogP contribution in [0.4, 0.5) is 8.78 Å². The Morgan fingerprint density at radius 3 is 2.50 bits per heavy atom. The predicted molar refractivity (Wildman–Crippen MR) is 98.5 cm³/mol. The molecule has 1 fully saturated rings. The van der Waals surface area contributed by atoms with Gasteiger partial charge in [0.1, 0.15) is 11.6 Å². The van der Waals surface area contributed by atoms with E-state index in [9.17, 15) is 23.2 Å². The first-order valence-electron chi connectivity index (χ1n) is 9.51. The number of amides is 2. The molecule has 0 aromatic heterocycles. The van der Waals surface area contributed by atoms with E-state index < -0.39 is 17.5 Å². The van der Waals surface area contributed by atoms with Crippen molar-refractivity contribution < 1.29 is 27.9 Å². The number of hydrogen-bond acceptors (Lipinski definition) is 4. The van der Waals surface area contributed by atoms with E-state index in [1.807, 2.05) is 0 Å². The number of carbonyl (C=O) groups excluding carboxylic acids is 3. The van der Waals surface area contributed by atoms with Crippen molar-refractivity contribution >= 4 is 17.8 Å². The number of likely N-dealkylation sites (tertiary alicyclic amines) is 1. The number of unbranched alkanes of at least 4 members (excludes halogenated alkanes) is 2. The fraction of sp³-hybridized carbons (Fsp3) is 0.550. The van der Waals surface area contributed by atoms with Crippen LogP contribution in [-0.2, 0) is 14.3 Å². The van der Waals surface area contributed by atoms with Gasteiger partial charge >= 0.3 is 5.97 Å². The zero-order valence-corrected chi connectivity index (χ0v) is 16.0. The summed E-state index contributed by atoms with van der Waals surface area (Å²) in [5.74, 6) is -2.55. The average molecular weight is 396 g/mol. The Kier molecular flexibility index (Phi) is 8.35. The smallest absolute Gasteiger partial charge is 0.305 e. The normalized spacial score (nSPS) is 14.6. The first kappa shape index (κ1) is 21.8. The quantitative estimate of drug-likeness (QED) is 0.542. The summed E-state index contributed by atoms with van der Waals surface area (Å²) in [6.07, 6.45) is 3.72. The van der Waals surface area contributed by atoms with Crippen molar-refractivity contribution in [3.8, 4) is 0 Å². The van der Waals surface area contributed by atoms with Gasteiger partial charge in [-0.2, -0.15) is 0 Å². The summed E-state index contributed by atoms with van der Waals surface area (Å²) >= 11 is 0. The van der Waals surface area contributed by atoms with E-state index in [-0.39, 0.29) is 23.4 Å². The molecule has 1 aromatic carbocycles. The lowest BCUT2D eigenvalue weighted by Crippen LogP contribution is -2.43. The first-order chi connectivity index (χ1) is 13.4. The molecule has 1 saturated heterocycles. The van der Waals surface area contributed by atoms with Gasteiger partial charge in [-0.15, -0.1) is 0 Å². The second kappa shape index (κ2) is 10.7. The molecule has 1 N–H and O–H groups in total. The summed E-state index contributed by atoms with van der Waals surface area (Å²) in [7, 11) is 1.36. The molecule has 0 aliphatic carbocycles. The highest BCUT2D eigenvalue weighted by atomic mass is 19.1. The van der Waals surface area contributed by atoms with Crippen molar-refractivity contribution in [1.82, 2.24) is 10.2 Å². The van der Waals surface area contributed by atoms with Crippen molar-refractivity contribution in [2.45, 2.75) is 38.5 Å². The van der Waals surface area contributed by atoms with Gasteiger partial charge < -0.3 is 15.0 Å². The third kappa shape index (κ3) is 6.28. The van der Waals surface area contributed by atoms with E-state index in [1.54, 1.807) is 0 Å².